The van der Waals surface area contributed by atoms with Crippen LogP contribution < -0.4 is 5.32 Å². The zero-order valence-electron chi connectivity index (χ0n) is 14.9. The number of nitrogens with zero attached hydrogens (tertiary/aromatic N) is 2. The third-order valence-corrected chi connectivity index (χ3v) is 6.48. The van der Waals surface area contributed by atoms with Gasteiger partial charge in [-0.25, -0.2) is 4.98 Å². The highest BCUT2D eigenvalue weighted by molar-refractivity contribution is 8.18. The van der Waals surface area contributed by atoms with Gasteiger partial charge in [-0.05, 0) is 49.4 Å². The Morgan fingerprint density at radius 1 is 1.25 bits per heavy atom. The maximum Gasteiger partial charge on any atom is 0.294 e. The van der Waals surface area contributed by atoms with Crippen molar-refractivity contribution in [2.45, 2.75) is 20.3 Å². The van der Waals surface area contributed by atoms with Gasteiger partial charge in [-0.15, -0.1) is 11.3 Å². The minimum absolute atomic E-state index is 0.351. The summed E-state index contributed by atoms with van der Waals surface area (Å²) in [5, 5.41) is 3.74. The molecule has 0 unspecified atom stereocenters. The molecule has 3 amide bonds. The number of anilines is 1. The van der Waals surface area contributed by atoms with Gasteiger partial charge in [0.05, 0.1) is 4.91 Å². The fourth-order valence-corrected chi connectivity index (χ4v) is 4.52. The first-order valence-electron chi connectivity index (χ1n) is 8.14. The van der Waals surface area contributed by atoms with E-state index in [0.717, 1.165) is 32.7 Å². The molecule has 146 valence electrons. The smallest absolute Gasteiger partial charge is 0.294 e. The van der Waals surface area contributed by atoms with E-state index in [1.54, 1.807) is 38.2 Å². The number of aromatic nitrogens is 1. The van der Waals surface area contributed by atoms with Gasteiger partial charge in [0, 0.05) is 27.5 Å². The second kappa shape index (κ2) is 8.65. The molecule has 28 heavy (non-hydrogen) atoms. The monoisotopic (exact) mass is 455 g/mol. The van der Waals surface area contributed by atoms with Crippen LogP contribution in [0.4, 0.5) is 9.93 Å². The number of carbonyl (C=O) groups excluding carboxylic acids is 3. The molecule has 0 atom stereocenters. The molecule has 0 bridgehead atoms. The van der Waals surface area contributed by atoms with E-state index in [1.165, 1.54) is 11.3 Å². The van der Waals surface area contributed by atoms with Gasteiger partial charge < -0.3 is 5.32 Å². The Kier molecular flexibility index (Phi) is 6.44. The number of thiazole rings is 1. The summed E-state index contributed by atoms with van der Waals surface area (Å²) < 4.78 is 0. The summed E-state index contributed by atoms with van der Waals surface area (Å²) in [7, 11) is 0. The van der Waals surface area contributed by atoms with Crippen LogP contribution in [0, 0.1) is 0 Å². The molecule has 6 nitrogen and oxygen atoms in total. The Balaban J connectivity index is 1.63. The predicted octanol–water partition coefficient (Wildman–Crippen LogP) is 4.97. The Bertz CT molecular complexity index is 1000. The highest BCUT2D eigenvalue weighted by atomic mass is 35.5. The zero-order chi connectivity index (χ0) is 20.4. The summed E-state index contributed by atoms with van der Waals surface area (Å²) in [6, 6.07) is 5.22. The second-order valence-corrected chi connectivity index (χ2v) is 9.10. The molecule has 1 aromatic heterocycles. The van der Waals surface area contributed by atoms with E-state index in [-0.39, 0.29) is 6.54 Å². The van der Waals surface area contributed by atoms with Crippen LogP contribution in [0.15, 0.2) is 34.9 Å². The number of hydrogen-bond acceptors (Lipinski definition) is 6. The quantitative estimate of drug-likeness (QED) is 0.643. The number of benzene rings is 1. The van der Waals surface area contributed by atoms with Crippen molar-refractivity contribution in [3.63, 3.8) is 0 Å². The highest BCUT2D eigenvalue weighted by Crippen LogP contribution is 2.33. The fourth-order valence-electron chi connectivity index (χ4n) is 2.46. The van der Waals surface area contributed by atoms with Crippen molar-refractivity contribution >= 4 is 68.5 Å². The van der Waals surface area contributed by atoms with Crippen molar-refractivity contribution in [3.05, 3.63) is 55.4 Å². The molecule has 1 aromatic carbocycles. The second-order valence-electron chi connectivity index (χ2n) is 6.18. The van der Waals surface area contributed by atoms with Gasteiger partial charge in [0.1, 0.15) is 6.54 Å². The van der Waals surface area contributed by atoms with E-state index in [4.69, 9.17) is 23.2 Å². The molecule has 2 heterocycles. The molecular weight excluding hydrogens is 441 g/mol. The minimum atomic E-state index is -0.487. The molecule has 0 spiro atoms. The van der Waals surface area contributed by atoms with Gasteiger partial charge in [0.25, 0.3) is 11.1 Å². The van der Waals surface area contributed by atoms with Crippen molar-refractivity contribution in [1.29, 1.82) is 0 Å². The molecule has 1 N–H and O–H groups in total. The van der Waals surface area contributed by atoms with E-state index in [9.17, 15) is 14.4 Å². The van der Waals surface area contributed by atoms with Gasteiger partial charge in [-0.2, -0.15) is 0 Å². The maximum absolute atomic E-state index is 12.2. The molecule has 1 aliphatic heterocycles. The van der Waals surface area contributed by atoms with Gasteiger partial charge in [0.15, 0.2) is 5.13 Å². The normalized spacial score (nSPS) is 14.0. The highest BCUT2D eigenvalue weighted by Gasteiger charge is 2.36. The van der Waals surface area contributed by atoms with Crippen LogP contribution in [-0.4, -0.2) is 33.5 Å². The Morgan fingerprint density at radius 2 is 2.00 bits per heavy atom. The fraction of sp³-hybridized carbons (Fsp3) is 0.222. The number of allylic oxidation sites excluding steroid dienone is 1. The van der Waals surface area contributed by atoms with E-state index < -0.39 is 17.1 Å². The number of halogens is 2. The largest absolute Gasteiger partial charge is 0.300 e. The van der Waals surface area contributed by atoms with Gasteiger partial charge in [-0.1, -0.05) is 28.8 Å². The molecule has 10 heteroatoms. The van der Waals surface area contributed by atoms with Crippen LogP contribution in [0.25, 0.3) is 0 Å². The van der Waals surface area contributed by atoms with Crippen molar-refractivity contribution < 1.29 is 14.4 Å². The lowest BCUT2D eigenvalue weighted by molar-refractivity contribution is -0.127. The van der Waals surface area contributed by atoms with Crippen LogP contribution in [0.3, 0.4) is 0 Å². The summed E-state index contributed by atoms with van der Waals surface area (Å²) in [6.45, 7) is 3.15. The Morgan fingerprint density at radius 3 is 2.68 bits per heavy atom. The molecule has 1 saturated heterocycles. The van der Waals surface area contributed by atoms with E-state index in [1.807, 2.05) is 0 Å². The minimum Gasteiger partial charge on any atom is -0.300 e. The van der Waals surface area contributed by atoms with E-state index in [2.05, 4.69) is 10.3 Å². The molecule has 1 aliphatic rings. The standard InChI is InChI=1S/C18H15Cl2N3O3S2/c1-9(2)15-16(25)23(18(26)28-15)8-14(24)22-17-21-7-12(27-17)6-10-5-11(19)3-4-13(10)20/h3-5,7H,6,8H2,1-2H3,(H,21,22,24). The van der Waals surface area contributed by atoms with Gasteiger partial charge in [-0.3, -0.25) is 19.3 Å². The third kappa shape index (κ3) is 4.75. The lowest BCUT2D eigenvalue weighted by atomic mass is 10.1. The van der Waals surface area contributed by atoms with Crippen LogP contribution in [0.5, 0.6) is 0 Å². The average Bonchev–Trinajstić information content (AvgIpc) is 3.17. The lowest BCUT2D eigenvalue weighted by Gasteiger charge is -2.11. The average molecular weight is 456 g/mol. The van der Waals surface area contributed by atoms with Crippen molar-refractivity contribution in [3.8, 4) is 0 Å². The van der Waals surface area contributed by atoms with Crippen LogP contribution in [0.1, 0.15) is 24.3 Å². The third-order valence-electron chi connectivity index (χ3n) is 3.78. The topological polar surface area (TPSA) is 79.4 Å². The molecule has 0 saturated carbocycles. The summed E-state index contributed by atoms with van der Waals surface area (Å²) in [5.74, 6) is -0.931. The Hall–Kier alpha value is -1.87. The molecular formula is C18H15Cl2N3O3S2. The zero-order valence-corrected chi connectivity index (χ0v) is 18.1. The number of nitrogens with one attached hydrogen (secondary N) is 1. The number of imide groups is 1. The SMILES string of the molecule is CC(C)=C1SC(=O)N(CC(=O)Nc2ncc(Cc3cc(Cl)ccc3Cl)s2)C1=O. The van der Waals surface area contributed by atoms with Crippen molar-refractivity contribution in [1.82, 2.24) is 9.88 Å². The van der Waals surface area contributed by atoms with Crippen LogP contribution in [0.2, 0.25) is 10.0 Å². The first kappa shape index (κ1) is 20.9. The van der Waals surface area contributed by atoms with Crippen molar-refractivity contribution in [2.75, 3.05) is 11.9 Å². The number of rotatable bonds is 5. The molecule has 3 rings (SSSR count). The number of thioether (sulfide) groups is 1. The van der Waals surface area contributed by atoms with Crippen molar-refractivity contribution in [2.24, 2.45) is 0 Å². The van der Waals surface area contributed by atoms with Crippen LogP contribution >= 0.6 is 46.3 Å². The summed E-state index contributed by atoms with van der Waals surface area (Å²) in [4.78, 5) is 42.8. The number of amides is 3. The summed E-state index contributed by atoms with van der Waals surface area (Å²) in [5.41, 5.74) is 1.60. The summed E-state index contributed by atoms with van der Waals surface area (Å²) >= 11 is 14.3. The molecule has 0 radical (unpaired) electrons. The molecule has 2 aromatic rings. The van der Waals surface area contributed by atoms with Gasteiger partial charge in [0.2, 0.25) is 5.91 Å². The maximum atomic E-state index is 12.2. The van der Waals surface area contributed by atoms with E-state index in [0.29, 0.717) is 26.5 Å². The lowest BCUT2D eigenvalue weighted by Crippen LogP contribution is -2.36. The molecule has 0 aliphatic carbocycles. The number of hydrogen-bond donors (Lipinski definition) is 1. The first-order valence-corrected chi connectivity index (χ1v) is 10.5. The van der Waals surface area contributed by atoms with Gasteiger partial charge >= 0.3 is 0 Å². The first-order chi connectivity index (χ1) is 13.2. The Labute approximate surface area is 179 Å². The predicted molar refractivity (Wildman–Crippen MR) is 113 cm³/mol. The van der Waals surface area contributed by atoms with Crippen LogP contribution in [-0.2, 0) is 16.0 Å². The van der Waals surface area contributed by atoms with E-state index >= 15 is 0 Å². The summed E-state index contributed by atoms with van der Waals surface area (Å²) in [6.07, 6.45) is 2.16. The molecule has 1 fully saturated rings. The number of carbonyl (C=O) groups is 3.